The number of nitro groups is 1. The Bertz CT molecular complexity index is 717. The molecule has 0 radical (unpaired) electrons. The molecular weight excluding hydrogens is 290 g/mol. The van der Waals surface area contributed by atoms with E-state index < -0.39 is 0 Å². The van der Waals surface area contributed by atoms with Crippen LogP contribution < -0.4 is 4.90 Å². The summed E-state index contributed by atoms with van der Waals surface area (Å²) in [7, 11) is 0. The lowest BCUT2D eigenvalue weighted by atomic mass is 9.76. The van der Waals surface area contributed by atoms with Crippen LogP contribution in [-0.2, 0) is 5.41 Å². The van der Waals surface area contributed by atoms with Gasteiger partial charge in [-0.25, -0.2) is 4.98 Å². The number of benzene rings is 1. The molecule has 1 fully saturated rings. The average molecular weight is 311 g/mol. The Morgan fingerprint density at radius 3 is 2.70 bits per heavy atom. The van der Waals surface area contributed by atoms with Crippen LogP contribution in [-0.4, -0.2) is 23.0 Å². The molecule has 2 aromatic rings. The summed E-state index contributed by atoms with van der Waals surface area (Å²) < 4.78 is 0. The number of pyridine rings is 1. The molecule has 1 aromatic carbocycles. The maximum atomic E-state index is 10.9. The largest absolute Gasteiger partial charge is 0.356 e. The molecule has 1 unspecified atom stereocenters. The van der Waals surface area contributed by atoms with Crippen molar-refractivity contribution in [2.24, 2.45) is 0 Å². The second kappa shape index (κ2) is 5.99. The number of anilines is 1. The molecule has 23 heavy (non-hydrogen) atoms. The van der Waals surface area contributed by atoms with Crippen molar-refractivity contribution in [1.29, 1.82) is 0 Å². The van der Waals surface area contributed by atoms with Crippen molar-refractivity contribution in [3.8, 4) is 0 Å². The van der Waals surface area contributed by atoms with Gasteiger partial charge >= 0.3 is 0 Å². The number of hydrogen-bond donors (Lipinski definition) is 0. The van der Waals surface area contributed by atoms with Crippen molar-refractivity contribution in [1.82, 2.24) is 4.98 Å². The van der Waals surface area contributed by atoms with Gasteiger partial charge in [-0.2, -0.15) is 0 Å². The smallest absolute Gasteiger partial charge is 0.290 e. The maximum absolute atomic E-state index is 10.9. The van der Waals surface area contributed by atoms with Crippen LogP contribution in [0.25, 0.3) is 0 Å². The minimum absolute atomic E-state index is 0.0802. The molecular formula is C18H21N3O2. The van der Waals surface area contributed by atoms with E-state index in [0.29, 0.717) is 5.56 Å². The predicted molar refractivity (Wildman–Crippen MR) is 90.9 cm³/mol. The molecule has 0 amide bonds. The van der Waals surface area contributed by atoms with Crippen LogP contribution in [0.4, 0.5) is 11.5 Å². The van der Waals surface area contributed by atoms with Gasteiger partial charge in [-0.1, -0.05) is 37.3 Å². The minimum Gasteiger partial charge on any atom is -0.356 e. The monoisotopic (exact) mass is 311 g/mol. The zero-order chi connectivity index (χ0) is 16.4. The van der Waals surface area contributed by atoms with Gasteiger partial charge in [0.1, 0.15) is 12.0 Å². The highest BCUT2D eigenvalue weighted by Crippen LogP contribution is 2.35. The summed E-state index contributed by atoms with van der Waals surface area (Å²) in [6.07, 6.45) is 3.60. The molecule has 1 aromatic heterocycles. The fourth-order valence-corrected chi connectivity index (χ4v) is 3.41. The van der Waals surface area contributed by atoms with Gasteiger partial charge in [0.25, 0.3) is 5.69 Å². The van der Waals surface area contributed by atoms with Crippen molar-refractivity contribution in [2.75, 3.05) is 18.0 Å². The summed E-state index contributed by atoms with van der Waals surface area (Å²) in [6.45, 7) is 5.87. The highest BCUT2D eigenvalue weighted by molar-refractivity contribution is 5.49. The van der Waals surface area contributed by atoms with Crippen molar-refractivity contribution < 1.29 is 4.92 Å². The maximum Gasteiger partial charge on any atom is 0.290 e. The van der Waals surface area contributed by atoms with E-state index >= 15 is 0 Å². The normalized spacial score (nSPS) is 21.2. The number of piperidine rings is 1. The summed E-state index contributed by atoms with van der Waals surface area (Å²) in [4.78, 5) is 17.1. The van der Waals surface area contributed by atoms with Gasteiger partial charge in [0.2, 0.25) is 0 Å². The predicted octanol–water partition coefficient (Wildman–Crippen LogP) is 3.86. The molecule has 1 aliphatic rings. The van der Waals surface area contributed by atoms with E-state index in [0.717, 1.165) is 31.7 Å². The third-order valence-electron chi connectivity index (χ3n) is 4.76. The van der Waals surface area contributed by atoms with Gasteiger partial charge in [0.15, 0.2) is 0 Å². The molecule has 5 nitrogen and oxygen atoms in total. The zero-order valence-electron chi connectivity index (χ0n) is 13.5. The number of nitrogens with zero attached hydrogens (tertiary/aromatic N) is 3. The molecule has 1 saturated heterocycles. The lowest BCUT2D eigenvalue weighted by molar-refractivity contribution is -0.385. The second-order valence-electron chi connectivity index (χ2n) is 6.54. The number of aromatic nitrogens is 1. The molecule has 0 saturated carbocycles. The molecule has 0 bridgehead atoms. The van der Waals surface area contributed by atoms with Crippen molar-refractivity contribution in [2.45, 2.75) is 32.1 Å². The first-order valence-corrected chi connectivity index (χ1v) is 7.91. The van der Waals surface area contributed by atoms with Gasteiger partial charge < -0.3 is 4.90 Å². The highest BCUT2D eigenvalue weighted by Gasteiger charge is 2.33. The highest BCUT2D eigenvalue weighted by atomic mass is 16.6. The van der Waals surface area contributed by atoms with Gasteiger partial charge in [-0.15, -0.1) is 0 Å². The van der Waals surface area contributed by atoms with Crippen molar-refractivity contribution >= 4 is 11.5 Å². The molecule has 0 aliphatic carbocycles. The van der Waals surface area contributed by atoms with Gasteiger partial charge in [-0.05, 0) is 31.4 Å². The van der Waals surface area contributed by atoms with Crippen LogP contribution in [0.3, 0.4) is 0 Å². The van der Waals surface area contributed by atoms with Crippen molar-refractivity contribution in [3.05, 3.63) is 63.8 Å². The first-order valence-electron chi connectivity index (χ1n) is 7.91. The molecule has 3 rings (SSSR count). The van der Waals surface area contributed by atoms with Gasteiger partial charge in [0, 0.05) is 24.1 Å². The first kappa shape index (κ1) is 15.5. The lowest BCUT2D eigenvalue weighted by Gasteiger charge is -2.41. The molecule has 5 heteroatoms. The van der Waals surface area contributed by atoms with E-state index in [1.165, 1.54) is 11.8 Å². The number of aryl methyl sites for hydroxylation is 1. The van der Waals surface area contributed by atoms with Crippen LogP contribution in [0.5, 0.6) is 0 Å². The number of hydrogen-bond acceptors (Lipinski definition) is 4. The van der Waals surface area contributed by atoms with Crippen LogP contribution in [0.15, 0.2) is 42.6 Å². The third-order valence-corrected chi connectivity index (χ3v) is 4.76. The lowest BCUT2D eigenvalue weighted by Crippen LogP contribution is -2.44. The molecule has 0 N–H and O–H groups in total. The molecule has 120 valence electrons. The molecule has 0 spiro atoms. The zero-order valence-corrected chi connectivity index (χ0v) is 13.5. The van der Waals surface area contributed by atoms with E-state index in [4.69, 9.17) is 0 Å². The Labute approximate surface area is 136 Å². The minimum atomic E-state index is -0.379. The topological polar surface area (TPSA) is 59.3 Å². The number of rotatable bonds is 3. The fraction of sp³-hybridized carbons (Fsp3) is 0.389. The fourth-order valence-electron chi connectivity index (χ4n) is 3.41. The Morgan fingerprint density at radius 2 is 2.04 bits per heavy atom. The Kier molecular flexibility index (Phi) is 4.03. The van der Waals surface area contributed by atoms with Crippen LogP contribution in [0.2, 0.25) is 0 Å². The summed E-state index contributed by atoms with van der Waals surface area (Å²) >= 11 is 0. The quantitative estimate of drug-likeness (QED) is 0.638. The van der Waals surface area contributed by atoms with Crippen molar-refractivity contribution in [3.63, 3.8) is 0 Å². The van der Waals surface area contributed by atoms with E-state index in [1.54, 1.807) is 6.92 Å². The van der Waals surface area contributed by atoms with Crippen LogP contribution in [0.1, 0.15) is 30.9 Å². The summed E-state index contributed by atoms with van der Waals surface area (Å²) in [5, 5.41) is 10.9. The Morgan fingerprint density at radius 1 is 1.30 bits per heavy atom. The van der Waals surface area contributed by atoms with E-state index in [9.17, 15) is 10.1 Å². The second-order valence-corrected chi connectivity index (χ2v) is 6.54. The first-order chi connectivity index (χ1) is 11.0. The summed E-state index contributed by atoms with van der Waals surface area (Å²) in [6, 6.07) is 12.4. The van der Waals surface area contributed by atoms with Gasteiger partial charge in [0.05, 0.1) is 4.92 Å². The van der Waals surface area contributed by atoms with Crippen LogP contribution >= 0.6 is 0 Å². The molecule has 2 heterocycles. The summed E-state index contributed by atoms with van der Waals surface area (Å²) in [5.74, 6) is 0.829. The summed E-state index contributed by atoms with van der Waals surface area (Å²) in [5.41, 5.74) is 2.16. The Hall–Kier alpha value is -2.43. The van der Waals surface area contributed by atoms with E-state index in [-0.39, 0.29) is 16.0 Å². The van der Waals surface area contributed by atoms with E-state index in [2.05, 4.69) is 41.1 Å². The SMILES string of the molecule is Cc1cc(N2CCCC(C)(c3ccccc3)C2)ncc1[N+](=O)[O-]. The van der Waals surface area contributed by atoms with Gasteiger partial charge in [-0.3, -0.25) is 10.1 Å². The molecule has 1 atom stereocenters. The standard InChI is InChI=1S/C18H21N3O2/c1-14-11-17(19-12-16(14)21(22)23)20-10-6-9-18(2,13-20)15-7-4-3-5-8-15/h3-5,7-8,11-12H,6,9-10,13H2,1-2H3. The molecule has 1 aliphatic heterocycles. The van der Waals surface area contributed by atoms with E-state index in [1.807, 2.05) is 12.1 Å². The van der Waals surface area contributed by atoms with Crippen LogP contribution in [0, 0.1) is 17.0 Å². The third kappa shape index (κ3) is 3.04. The average Bonchev–Trinajstić information content (AvgIpc) is 2.55. The Balaban J connectivity index is 1.87.